The van der Waals surface area contributed by atoms with Gasteiger partial charge in [0.05, 0.1) is 12.5 Å². The molecule has 2 fully saturated rings. The number of benzene rings is 1. The molecular weight excluding hydrogens is 384 g/mol. The number of amides is 3. The van der Waals surface area contributed by atoms with E-state index < -0.39 is 0 Å². The molecule has 3 rings (SSSR count). The number of hydrogen-bond acceptors (Lipinski definition) is 3. The number of alkyl halides is 1. The lowest BCUT2D eigenvalue weighted by molar-refractivity contribution is -0.139. The van der Waals surface area contributed by atoms with Gasteiger partial charge >= 0.3 is 6.03 Å². The monoisotopic (exact) mass is 406 g/mol. The van der Waals surface area contributed by atoms with Crippen LogP contribution in [0.4, 0.5) is 4.79 Å². The van der Waals surface area contributed by atoms with Gasteiger partial charge in [-0.2, -0.15) is 0 Å². The minimum atomic E-state index is -0.331. The number of nitrogens with zero attached hydrogens (tertiary/aromatic N) is 2. The molecule has 5 nitrogen and oxygen atoms in total. The quantitative estimate of drug-likeness (QED) is 0.568. The summed E-state index contributed by atoms with van der Waals surface area (Å²) in [5.41, 5.74) is 1.69. The van der Waals surface area contributed by atoms with Crippen molar-refractivity contribution in [1.29, 1.82) is 0 Å². The molecular formula is C19H23BrN2O3. The molecule has 1 heterocycles. The molecule has 1 saturated heterocycles. The first kappa shape index (κ1) is 18.1. The van der Waals surface area contributed by atoms with Crippen molar-refractivity contribution in [1.82, 2.24) is 9.80 Å². The van der Waals surface area contributed by atoms with Gasteiger partial charge in [-0.3, -0.25) is 14.5 Å². The van der Waals surface area contributed by atoms with E-state index in [9.17, 15) is 14.4 Å². The lowest BCUT2D eigenvalue weighted by Crippen LogP contribution is -2.63. The highest BCUT2D eigenvalue weighted by atomic mass is 79.9. The summed E-state index contributed by atoms with van der Waals surface area (Å²) in [6.07, 6.45) is 2.36. The van der Waals surface area contributed by atoms with E-state index in [1.54, 1.807) is 24.0 Å². The number of carbonyl (C=O) groups excluding carboxylic acids is 3. The molecule has 1 aromatic carbocycles. The largest absolute Gasteiger partial charge is 0.327 e. The zero-order valence-electron chi connectivity index (χ0n) is 14.6. The van der Waals surface area contributed by atoms with E-state index in [0.29, 0.717) is 23.4 Å². The molecule has 0 aromatic heterocycles. The zero-order valence-corrected chi connectivity index (χ0v) is 16.2. The van der Waals surface area contributed by atoms with Crippen LogP contribution in [0, 0.1) is 12.8 Å². The van der Waals surface area contributed by atoms with Crippen LogP contribution in [0.15, 0.2) is 24.3 Å². The SMILES string of the molecule is CCN1C(=O)C2CC(Br)CCC2N(CC(=O)c2ccc(C)cc2)C1=O. The van der Waals surface area contributed by atoms with Gasteiger partial charge in [-0.25, -0.2) is 4.79 Å². The second-order valence-corrected chi connectivity index (χ2v) is 8.16. The van der Waals surface area contributed by atoms with Crippen molar-refractivity contribution in [2.24, 2.45) is 5.92 Å². The molecule has 1 aromatic rings. The lowest BCUT2D eigenvalue weighted by Gasteiger charge is -2.47. The molecule has 1 saturated carbocycles. The number of ketones is 1. The molecule has 0 bridgehead atoms. The number of carbonyl (C=O) groups is 3. The first-order valence-electron chi connectivity index (χ1n) is 8.78. The normalized spacial score (nSPS) is 26.6. The average Bonchev–Trinajstić information content (AvgIpc) is 2.59. The van der Waals surface area contributed by atoms with Gasteiger partial charge in [-0.15, -0.1) is 0 Å². The van der Waals surface area contributed by atoms with Gasteiger partial charge in [0.2, 0.25) is 5.91 Å². The van der Waals surface area contributed by atoms with Crippen molar-refractivity contribution in [2.75, 3.05) is 13.1 Å². The molecule has 134 valence electrons. The maximum absolute atomic E-state index is 12.8. The number of Topliss-reactive ketones (excluding diaryl/α,β-unsaturated/α-hetero) is 1. The van der Waals surface area contributed by atoms with E-state index in [4.69, 9.17) is 0 Å². The van der Waals surface area contributed by atoms with Crippen LogP contribution in [0.5, 0.6) is 0 Å². The molecule has 3 atom stereocenters. The highest BCUT2D eigenvalue weighted by Gasteiger charge is 2.48. The third-order valence-corrected chi connectivity index (χ3v) is 6.05. The molecule has 1 aliphatic carbocycles. The number of urea groups is 1. The van der Waals surface area contributed by atoms with E-state index in [-0.39, 0.29) is 36.2 Å². The maximum Gasteiger partial charge on any atom is 0.327 e. The van der Waals surface area contributed by atoms with E-state index >= 15 is 0 Å². The Hall–Kier alpha value is -1.69. The van der Waals surface area contributed by atoms with Crippen molar-refractivity contribution in [3.63, 3.8) is 0 Å². The van der Waals surface area contributed by atoms with Crippen LogP contribution >= 0.6 is 15.9 Å². The van der Waals surface area contributed by atoms with Crippen LogP contribution in [-0.2, 0) is 4.79 Å². The fraction of sp³-hybridized carbons (Fsp3) is 0.526. The number of rotatable bonds is 4. The topological polar surface area (TPSA) is 57.7 Å². The number of fused-ring (bicyclic) bond motifs is 1. The van der Waals surface area contributed by atoms with Crippen molar-refractivity contribution in [3.05, 3.63) is 35.4 Å². The summed E-state index contributed by atoms with van der Waals surface area (Å²) in [6.45, 7) is 4.13. The van der Waals surface area contributed by atoms with E-state index in [2.05, 4.69) is 15.9 Å². The van der Waals surface area contributed by atoms with Gasteiger partial charge in [0.15, 0.2) is 5.78 Å². The molecule has 6 heteroatoms. The van der Waals surface area contributed by atoms with Gasteiger partial charge in [0.25, 0.3) is 0 Å². The van der Waals surface area contributed by atoms with E-state index in [1.165, 1.54) is 4.90 Å². The van der Waals surface area contributed by atoms with Crippen molar-refractivity contribution in [3.8, 4) is 0 Å². The van der Waals surface area contributed by atoms with Crippen LogP contribution in [0.25, 0.3) is 0 Å². The lowest BCUT2D eigenvalue weighted by atomic mass is 9.81. The smallest absolute Gasteiger partial charge is 0.313 e. The molecule has 0 N–H and O–H groups in total. The third kappa shape index (κ3) is 3.50. The van der Waals surface area contributed by atoms with Gasteiger partial charge < -0.3 is 4.90 Å². The number of imide groups is 1. The Kier molecular flexibility index (Phi) is 5.27. The Morgan fingerprint density at radius 2 is 1.88 bits per heavy atom. The van der Waals surface area contributed by atoms with E-state index in [0.717, 1.165) is 18.4 Å². The van der Waals surface area contributed by atoms with Crippen LogP contribution in [0.3, 0.4) is 0 Å². The van der Waals surface area contributed by atoms with Gasteiger partial charge in [0.1, 0.15) is 0 Å². The minimum absolute atomic E-state index is 0.0276. The van der Waals surface area contributed by atoms with Gasteiger partial charge in [-0.1, -0.05) is 45.8 Å². The van der Waals surface area contributed by atoms with Crippen LogP contribution in [-0.4, -0.2) is 51.5 Å². The van der Waals surface area contributed by atoms with Crippen molar-refractivity contribution < 1.29 is 14.4 Å². The van der Waals surface area contributed by atoms with Crippen molar-refractivity contribution >= 4 is 33.7 Å². The van der Waals surface area contributed by atoms with Crippen LogP contribution in [0.2, 0.25) is 0 Å². The number of halogens is 1. The molecule has 2 aliphatic rings. The minimum Gasteiger partial charge on any atom is -0.313 e. The Balaban J connectivity index is 1.84. The summed E-state index contributed by atoms with van der Waals surface area (Å²) < 4.78 is 0. The van der Waals surface area contributed by atoms with E-state index in [1.807, 2.05) is 19.1 Å². The Labute approximate surface area is 156 Å². The fourth-order valence-corrected chi connectivity index (χ4v) is 4.46. The maximum atomic E-state index is 12.8. The second kappa shape index (κ2) is 7.28. The summed E-state index contributed by atoms with van der Waals surface area (Å²) in [7, 11) is 0. The first-order valence-corrected chi connectivity index (χ1v) is 9.69. The number of aryl methyl sites for hydroxylation is 1. The Morgan fingerprint density at radius 3 is 2.52 bits per heavy atom. The van der Waals surface area contributed by atoms with Gasteiger partial charge in [0, 0.05) is 23.0 Å². The Bertz CT molecular complexity index is 688. The molecule has 25 heavy (non-hydrogen) atoms. The van der Waals surface area contributed by atoms with Crippen LogP contribution < -0.4 is 0 Å². The average molecular weight is 407 g/mol. The highest BCUT2D eigenvalue weighted by Crippen LogP contribution is 2.37. The predicted octanol–water partition coefficient (Wildman–Crippen LogP) is 3.39. The molecule has 0 spiro atoms. The van der Waals surface area contributed by atoms with Crippen molar-refractivity contribution in [2.45, 2.75) is 44.0 Å². The second-order valence-electron chi connectivity index (χ2n) is 6.87. The molecule has 1 aliphatic heterocycles. The molecule has 0 radical (unpaired) electrons. The molecule has 3 amide bonds. The molecule has 3 unspecified atom stereocenters. The fourth-order valence-electron chi connectivity index (χ4n) is 3.79. The standard InChI is InChI=1S/C19H23BrN2O3/c1-3-21-18(24)15-10-14(20)8-9-16(15)22(19(21)25)11-17(23)13-6-4-12(2)5-7-13/h4-7,14-16H,3,8-11H2,1-2H3. The summed E-state index contributed by atoms with van der Waals surface area (Å²) in [4.78, 5) is 41.3. The summed E-state index contributed by atoms with van der Waals surface area (Å²) in [5.74, 6) is -0.402. The predicted molar refractivity (Wildman–Crippen MR) is 98.8 cm³/mol. The zero-order chi connectivity index (χ0) is 18.1. The van der Waals surface area contributed by atoms with Crippen LogP contribution in [0.1, 0.15) is 42.1 Å². The Morgan fingerprint density at radius 1 is 1.20 bits per heavy atom. The first-order chi connectivity index (χ1) is 11.9. The number of hydrogen-bond donors (Lipinski definition) is 0. The third-order valence-electron chi connectivity index (χ3n) is 5.21. The summed E-state index contributed by atoms with van der Waals surface area (Å²) in [5, 5.41) is 0. The summed E-state index contributed by atoms with van der Waals surface area (Å²) >= 11 is 3.61. The summed E-state index contributed by atoms with van der Waals surface area (Å²) in [6, 6.07) is 6.87. The van der Waals surface area contributed by atoms with Gasteiger partial charge in [-0.05, 0) is 33.1 Å². The highest BCUT2D eigenvalue weighted by molar-refractivity contribution is 9.09.